The molecule has 2 aliphatic heterocycles. The summed E-state index contributed by atoms with van der Waals surface area (Å²) in [4.78, 5) is 20.8. The minimum atomic E-state index is -0.156. The van der Waals surface area contributed by atoms with Crippen molar-refractivity contribution in [3.63, 3.8) is 0 Å². The minimum Gasteiger partial charge on any atom is -0.335 e. The maximum absolute atomic E-state index is 13.6. The fraction of sp³-hybridized carbons (Fsp3) is 0.478. The molecule has 2 aliphatic rings. The third-order valence-corrected chi connectivity index (χ3v) is 8.05. The summed E-state index contributed by atoms with van der Waals surface area (Å²) < 4.78 is 3.22. The smallest absolute Gasteiger partial charge is 0.266 e. The first-order valence-corrected chi connectivity index (χ1v) is 12.3. The first kappa shape index (κ1) is 21.9. The van der Waals surface area contributed by atoms with Crippen LogP contribution >= 0.6 is 23.2 Å². The molecule has 0 spiro atoms. The SMILES string of the molecule is CC(C)N[C@@H]1C[C@@H]2CC[C@H]1N2c1nc2n[nH]c(-c3ccc4nn(C)c(Cl)c4c3Cl)c2c(=O)n1C. The molecule has 0 amide bonds. The number of nitrogens with one attached hydrogen (secondary N) is 2. The number of hydrogen-bond acceptors (Lipinski definition) is 6. The van der Waals surface area contributed by atoms with Gasteiger partial charge < -0.3 is 10.2 Å². The molecule has 6 rings (SSSR count). The number of benzene rings is 1. The van der Waals surface area contributed by atoms with Crippen molar-refractivity contribution in [3.8, 4) is 11.3 Å². The summed E-state index contributed by atoms with van der Waals surface area (Å²) in [5.41, 5.74) is 2.09. The molecule has 4 aromatic rings. The summed E-state index contributed by atoms with van der Waals surface area (Å²) >= 11 is 13.2. The molecule has 34 heavy (non-hydrogen) atoms. The summed E-state index contributed by atoms with van der Waals surface area (Å²) in [7, 11) is 3.55. The maximum Gasteiger partial charge on any atom is 0.266 e. The van der Waals surface area contributed by atoms with E-state index in [2.05, 4.69) is 39.4 Å². The Morgan fingerprint density at radius 3 is 2.74 bits per heavy atom. The van der Waals surface area contributed by atoms with Crippen LogP contribution in [0.2, 0.25) is 10.2 Å². The van der Waals surface area contributed by atoms with Crippen molar-refractivity contribution in [2.45, 2.75) is 57.3 Å². The number of aromatic nitrogens is 6. The van der Waals surface area contributed by atoms with Gasteiger partial charge in [0.1, 0.15) is 10.5 Å². The number of hydrogen-bond donors (Lipinski definition) is 2. The van der Waals surface area contributed by atoms with Crippen LogP contribution in [0.3, 0.4) is 0 Å². The van der Waals surface area contributed by atoms with Crippen LogP contribution in [-0.2, 0) is 14.1 Å². The Morgan fingerprint density at radius 1 is 1.18 bits per heavy atom. The predicted octanol–water partition coefficient (Wildman–Crippen LogP) is 3.62. The van der Waals surface area contributed by atoms with Gasteiger partial charge in [-0.1, -0.05) is 37.0 Å². The monoisotopic (exact) mass is 500 g/mol. The van der Waals surface area contributed by atoms with Gasteiger partial charge >= 0.3 is 0 Å². The number of anilines is 1. The van der Waals surface area contributed by atoms with Gasteiger partial charge in [0.25, 0.3) is 5.56 Å². The van der Waals surface area contributed by atoms with E-state index in [4.69, 9.17) is 28.2 Å². The van der Waals surface area contributed by atoms with Crippen LogP contribution < -0.4 is 15.8 Å². The summed E-state index contributed by atoms with van der Waals surface area (Å²) in [5.74, 6) is 0.674. The minimum absolute atomic E-state index is 0.156. The number of H-pyrrole nitrogens is 1. The molecule has 1 aromatic carbocycles. The number of rotatable bonds is 4. The third kappa shape index (κ3) is 3.03. The van der Waals surface area contributed by atoms with Gasteiger partial charge in [-0.2, -0.15) is 15.2 Å². The van der Waals surface area contributed by atoms with Crippen LogP contribution in [-0.4, -0.2) is 53.7 Å². The second-order valence-electron chi connectivity index (χ2n) is 9.68. The topological polar surface area (TPSA) is 96.7 Å². The molecule has 0 saturated carbocycles. The van der Waals surface area contributed by atoms with Crippen LogP contribution in [0, 0.1) is 0 Å². The predicted molar refractivity (Wildman–Crippen MR) is 135 cm³/mol. The summed E-state index contributed by atoms with van der Waals surface area (Å²) in [5, 5.41) is 17.4. The van der Waals surface area contributed by atoms with Crippen molar-refractivity contribution < 1.29 is 0 Å². The molecule has 11 heteroatoms. The zero-order valence-electron chi connectivity index (χ0n) is 19.4. The zero-order valence-corrected chi connectivity index (χ0v) is 20.9. The lowest BCUT2D eigenvalue weighted by molar-refractivity contribution is 0.389. The van der Waals surface area contributed by atoms with Gasteiger partial charge in [0.05, 0.1) is 21.6 Å². The van der Waals surface area contributed by atoms with Gasteiger partial charge in [-0.15, -0.1) is 0 Å². The van der Waals surface area contributed by atoms with Gasteiger partial charge in [0.2, 0.25) is 5.95 Å². The second-order valence-corrected chi connectivity index (χ2v) is 10.4. The van der Waals surface area contributed by atoms with E-state index in [1.807, 2.05) is 12.1 Å². The first-order chi connectivity index (χ1) is 16.3. The molecule has 178 valence electrons. The molecule has 2 fully saturated rings. The van der Waals surface area contributed by atoms with Gasteiger partial charge in [0, 0.05) is 43.8 Å². The zero-order chi connectivity index (χ0) is 23.9. The molecule has 2 bridgehead atoms. The van der Waals surface area contributed by atoms with E-state index in [0.717, 1.165) is 19.3 Å². The lowest BCUT2D eigenvalue weighted by Crippen LogP contribution is -2.45. The Bertz CT molecular complexity index is 1500. The molecule has 0 radical (unpaired) electrons. The van der Waals surface area contributed by atoms with Gasteiger partial charge in [0.15, 0.2) is 5.65 Å². The number of nitrogens with zero attached hydrogens (tertiary/aromatic N) is 6. The van der Waals surface area contributed by atoms with Gasteiger partial charge in [-0.05, 0) is 31.4 Å². The van der Waals surface area contributed by atoms with Crippen LogP contribution in [0.1, 0.15) is 33.1 Å². The number of fused-ring (bicyclic) bond motifs is 4. The molecule has 2 saturated heterocycles. The Morgan fingerprint density at radius 2 is 1.97 bits per heavy atom. The highest BCUT2D eigenvalue weighted by atomic mass is 35.5. The van der Waals surface area contributed by atoms with Crippen LogP contribution in [0.15, 0.2) is 16.9 Å². The molecule has 3 aromatic heterocycles. The number of aromatic amines is 1. The van der Waals surface area contributed by atoms with E-state index >= 15 is 0 Å². The molecule has 0 unspecified atom stereocenters. The standard InChI is InChI=1S/C23H26Cl2N8O/c1-10(2)26-14-9-11-5-8-15(14)33(11)23-27-21-17(22(34)31(23)3)19(28-29-21)12-6-7-13-16(18(12)24)20(25)32(4)30-13/h6-7,10-11,14-15,26H,5,8-9H2,1-4H3,(H,28,29)/t11-,14+,15+/m0/s1. The quantitative estimate of drug-likeness (QED) is 0.444. The summed E-state index contributed by atoms with van der Waals surface area (Å²) in [6.45, 7) is 4.34. The number of aryl methyl sites for hydroxylation is 1. The Kier molecular flexibility index (Phi) is 4.95. The molecule has 2 N–H and O–H groups in total. The molecular weight excluding hydrogens is 475 g/mol. The fourth-order valence-corrected chi connectivity index (χ4v) is 6.40. The van der Waals surface area contributed by atoms with E-state index in [-0.39, 0.29) is 5.56 Å². The Balaban J connectivity index is 1.48. The van der Waals surface area contributed by atoms with Crippen molar-refractivity contribution in [2.24, 2.45) is 14.1 Å². The van der Waals surface area contributed by atoms with E-state index in [0.29, 0.717) is 73.5 Å². The van der Waals surface area contributed by atoms with Crippen molar-refractivity contribution in [2.75, 3.05) is 4.90 Å². The van der Waals surface area contributed by atoms with Crippen LogP contribution in [0.4, 0.5) is 5.95 Å². The van der Waals surface area contributed by atoms with Crippen molar-refractivity contribution >= 4 is 51.1 Å². The average molecular weight is 501 g/mol. The second kappa shape index (κ2) is 7.69. The van der Waals surface area contributed by atoms with Crippen LogP contribution in [0.25, 0.3) is 33.2 Å². The van der Waals surface area contributed by atoms with Crippen LogP contribution in [0.5, 0.6) is 0 Å². The molecule has 9 nitrogen and oxygen atoms in total. The van der Waals surface area contributed by atoms with E-state index in [1.165, 1.54) is 0 Å². The highest BCUT2D eigenvalue weighted by molar-refractivity contribution is 6.43. The fourth-order valence-electron chi connectivity index (χ4n) is 5.78. The normalized spacial score (nSPS) is 22.2. The molecule has 5 heterocycles. The largest absolute Gasteiger partial charge is 0.335 e. The lowest BCUT2D eigenvalue weighted by atomic mass is 9.95. The molecular formula is C23H26Cl2N8O. The van der Waals surface area contributed by atoms with Crippen molar-refractivity contribution in [3.05, 3.63) is 32.7 Å². The van der Waals surface area contributed by atoms with Crippen molar-refractivity contribution in [1.29, 1.82) is 0 Å². The number of halogens is 2. The third-order valence-electron chi connectivity index (χ3n) is 7.22. The first-order valence-electron chi connectivity index (χ1n) is 11.6. The summed E-state index contributed by atoms with van der Waals surface area (Å²) in [6.07, 6.45) is 3.27. The highest BCUT2D eigenvalue weighted by Crippen LogP contribution is 2.42. The van der Waals surface area contributed by atoms with Gasteiger partial charge in [-0.3, -0.25) is 19.1 Å². The summed E-state index contributed by atoms with van der Waals surface area (Å²) in [6, 6.07) is 5.18. The van der Waals surface area contributed by atoms with Gasteiger partial charge in [-0.25, -0.2) is 0 Å². The highest BCUT2D eigenvalue weighted by Gasteiger charge is 2.47. The average Bonchev–Trinajstić information content (AvgIpc) is 3.53. The maximum atomic E-state index is 13.6. The van der Waals surface area contributed by atoms with E-state index < -0.39 is 0 Å². The molecule has 3 atom stereocenters. The molecule has 0 aliphatic carbocycles. The Labute approximate surface area is 206 Å². The van der Waals surface area contributed by atoms with E-state index in [1.54, 1.807) is 23.3 Å². The Hall–Kier alpha value is -2.62. The van der Waals surface area contributed by atoms with E-state index in [9.17, 15) is 4.79 Å². The lowest BCUT2D eigenvalue weighted by Gasteiger charge is -2.28. The van der Waals surface area contributed by atoms with Crippen molar-refractivity contribution in [1.82, 2.24) is 34.8 Å².